The van der Waals surface area contributed by atoms with Gasteiger partial charge in [0, 0.05) is 24.8 Å². The van der Waals surface area contributed by atoms with E-state index in [-0.39, 0.29) is 17.3 Å². The zero-order chi connectivity index (χ0) is 21.4. The summed E-state index contributed by atoms with van der Waals surface area (Å²) in [6.07, 6.45) is 7.96. The van der Waals surface area contributed by atoms with Crippen molar-refractivity contribution in [2.24, 2.45) is 4.99 Å². The molecule has 1 aromatic carbocycles. The second-order valence-electron chi connectivity index (χ2n) is 8.90. The molecule has 1 amide bonds. The first kappa shape index (κ1) is 20.0. The summed E-state index contributed by atoms with van der Waals surface area (Å²) >= 11 is 0. The van der Waals surface area contributed by atoms with E-state index in [9.17, 15) is 9.18 Å². The van der Waals surface area contributed by atoms with Gasteiger partial charge in [-0.1, -0.05) is 18.9 Å². The van der Waals surface area contributed by atoms with Crippen LogP contribution in [0.1, 0.15) is 54.4 Å². The SMILES string of the molecule is Cc1ccc(C(=O)N2CCC3(CC2)Nc2cccnc2NC3=NC2CCCC2)cc1F. The molecule has 1 saturated carbocycles. The number of aryl methyl sites for hydroxylation is 1. The standard InChI is InChI=1S/C24H28FN5O/c1-16-8-9-17(15-19(16)25)22(31)30-13-10-24(11-14-30)23(27-18-5-2-3-6-18)28-21-20(29-24)7-4-12-26-21/h4,7-9,12,15,18,29H,2-3,5-6,10-11,13-14H2,1H3,(H,26,27,28). The molecule has 2 aromatic rings. The van der Waals surface area contributed by atoms with Crippen molar-refractivity contribution in [1.82, 2.24) is 9.88 Å². The number of benzene rings is 1. The zero-order valence-corrected chi connectivity index (χ0v) is 17.8. The number of hydrogen-bond donors (Lipinski definition) is 2. The highest BCUT2D eigenvalue weighted by Crippen LogP contribution is 2.37. The van der Waals surface area contributed by atoms with E-state index >= 15 is 0 Å². The highest BCUT2D eigenvalue weighted by molar-refractivity contribution is 6.09. The van der Waals surface area contributed by atoms with Crippen LogP contribution in [0.2, 0.25) is 0 Å². The van der Waals surface area contributed by atoms with Crippen LogP contribution in [0, 0.1) is 12.7 Å². The minimum atomic E-state index is -0.340. The molecule has 2 fully saturated rings. The molecule has 0 unspecified atom stereocenters. The van der Waals surface area contributed by atoms with Gasteiger partial charge in [-0.05, 0) is 62.4 Å². The van der Waals surface area contributed by atoms with Crippen molar-refractivity contribution in [2.75, 3.05) is 23.7 Å². The Hall–Kier alpha value is -2.96. The maximum atomic E-state index is 14.0. The fourth-order valence-electron chi connectivity index (χ4n) is 4.89. The topological polar surface area (TPSA) is 69.6 Å². The summed E-state index contributed by atoms with van der Waals surface area (Å²) in [5.41, 5.74) is 1.58. The largest absolute Gasteiger partial charge is 0.370 e. The van der Waals surface area contributed by atoms with Crippen molar-refractivity contribution in [3.05, 3.63) is 53.5 Å². The molecular weight excluding hydrogens is 393 g/mol. The monoisotopic (exact) mass is 421 g/mol. The molecule has 2 N–H and O–H groups in total. The molecule has 5 rings (SSSR count). The van der Waals surface area contributed by atoms with Crippen molar-refractivity contribution in [1.29, 1.82) is 0 Å². The average Bonchev–Trinajstić information content (AvgIpc) is 3.29. The van der Waals surface area contributed by atoms with E-state index in [0.29, 0.717) is 30.3 Å². The highest BCUT2D eigenvalue weighted by atomic mass is 19.1. The van der Waals surface area contributed by atoms with Gasteiger partial charge in [0.05, 0.1) is 17.3 Å². The number of rotatable bonds is 2. The summed E-state index contributed by atoms with van der Waals surface area (Å²) in [5.74, 6) is 1.29. The first-order chi connectivity index (χ1) is 15.0. The van der Waals surface area contributed by atoms with E-state index < -0.39 is 0 Å². The summed E-state index contributed by atoms with van der Waals surface area (Å²) in [6, 6.07) is 9.01. The van der Waals surface area contributed by atoms with E-state index in [4.69, 9.17) is 4.99 Å². The van der Waals surface area contributed by atoms with E-state index in [2.05, 4.69) is 15.6 Å². The number of nitrogens with one attached hydrogen (secondary N) is 2. The summed E-state index contributed by atoms with van der Waals surface area (Å²) in [7, 11) is 0. The molecule has 3 heterocycles. The molecule has 162 valence electrons. The first-order valence-electron chi connectivity index (χ1n) is 11.2. The molecule has 1 aliphatic carbocycles. The van der Waals surface area contributed by atoms with Crippen LogP contribution >= 0.6 is 0 Å². The predicted molar refractivity (Wildman–Crippen MR) is 120 cm³/mol. The second-order valence-corrected chi connectivity index (χ2v) is 8.90. The Balaban J connectivity index is 1.38. The number of nitrogens with zero attached hydrogens (tertiary/aromatic N) is 3. The lowest BCUT2D eigenvalue weighted by Gasteiger charge is -2.46. The van der Waals surface area contributed by atoms with Gasteiger partial charge >= 0.3 is 0 Å². The number of fused-ring (bicyclic) bond motifs is 1. The summed E-state index contributed by atoms with van der Waals surface area (Å²) < 4.78 is 14.0. The lowest BCUT2D eigenvalue weighted by atomic mass is 9.83. The molecule has 0 bridgehead atoms. The van der Waals surface area contributed by atoms with Crippen molar-refractivity contribution in [3.63, 3.8) is 0 Å². The molecule has 0 radical (unpaired) electrons. The quantitative estimate of drug-likeness (QED) is 0.755. The molecule has 1 aromatic heterocycles. The van der Waals surface area contributed by atoms with Crippen LogP contribution in [0.15, 0.2) is 41.5 Å². The summed E-state index contributed by atoms with van der Waals surface area (Å²) in [5, 5.41) is 7.20. The van der Waals surface area contributed by atoms with Gasteiger partial charge in [-0.2, -0.15) is 0 Å². The molecule has 3 aliphatic rings. The predicted octanol–water partition coefficient (Wildman–Crippen LogP) is 4.38. The Morgan fingerprint density at radius 3 is 2.74 bits per heavy atom. The lowest BCUT2D eigenvalue weighted by molar-refractivity contribution is 0.0704. The van der Waals surface area contributed by atoms with Gasteiger partial charge < -0.3 is 15.5 Å². The van der Waals surface area contributed by atoms with Gasteiger partial charge in [0.15, 0.2) is 5.82 Å². The maximum Gasteiger partial charge on any atom is 0.253 e. The van der Waals surface area contributed by atoms with Crippen molar-refractivity contribution < 1.29 is 9.18 Å². The van der Waals surface area contributed by atoms with Gasteiger partial charge in [0.25, 0.3) is 5.91 Å². The van der Waals surface area contributed by atoms with Gasteiger partial charge in [-0.3, -0.25) is 9.79 Å². The third-order valence-corrected chi connectivity index (χ3v) is 6.83. The number of amidine groups is 1. The Kier molecular flexibility index (Phi) is 5.12. The molecular formula is C24H28FN5O. The Morgan fingerprint density at radius 2 is 2.00 bits per heavy atom. The summed E-state index contributed by atoms with van der Waals surface area (Å²) in [6.45, 7) is 2.87. The number of carbonyl (C=O) groups excluding carboxylic acids is 1. The van der Waals surface area contributed by atoms with E-state index in [1.165, 1.54) is 18.9 Å². The van der Waals surface area contributed by atoms with Gasteiger partial charge in [-0.15, -0.1) is 0 Å². The number of hydrogen-bond acceptors (Lipinski definition) is 4. The number of anilines is 2. The van der Waals surface area contributed by atoms with E-state index in [1.54, 1.807) is 25.3 Å². The number of piperidine rings is 1. The van der Waals surface area contributed by atoms with E-state index in [0.717, 1.165) is 43.0 Å². The van der Waals surface area contributed by atoms with Gasteiger partial charge in [-0.25, -0.2) is 9.37 Å². The van der Waals surface area contributed by atoms with Crippen molar-refractivity contribution in [2.45, 2.75) is 57.0 Å². The Morgan fingerprint density at radius 1 is 1.23 bits per heavy atom. The normalized spacial score (nSPS) is 21.6. The molecule has 2 aliphatic heterocycles. The molecule has 31 heavy (non-hydrogen) atoms. The number of halogens is 1. The third-order valence-electron chi connectivity index (χ3n) is 6.83. The minimum absolute atomic E-state index is 0.117. The molecule has 6 nitrogen and oxygen atoms in total. The van der Waals surface area contributed by atoms with Crippen LogP contribution in [-0.4, -0.2) is 46.3 Å². The van der Waals surface area contributed by atoms with Crippen LogP contribution < -0.4 is 10.6 Å². The van der Waals surface area contributed by atoms with Crippen LogP contribution in [0.3, 0.4) is 0 Å². The van der Waals surface area contributed by atoms with Crippen LogP contribution in [-0.2, 0) is 0 Å². The average molecular weight is 422 g/mol. The van der Waals surface area contributed by atoms with E-state index in [1.807, 2.05) is 17.0 Å². The highest BCUT2D eigenvalue weighted by Gasteiger charge is 2.44. The molecule has 7 heteroatoms. The number of aliphatic imine (C=N–C) groups is 1. The number of aromatic nitrogens is 1. The van der Waals surface area contributed by atoms with Crippen molar-refractivity contribution in [3.8, 4) is 0 Å². The number of carbonyl (C=O) groups is 1. The lowest BCUT2D eigenvalue weighted by Crippen LogP contribution is -2.59. The van der Waals surface area contributed by atoms with Crippen LogP contribution in [0.4, 0.5) is 15.9 Å². The van der Waals surface area contributed by atoms with Gasteiger partial charge in [0.1, 0.15) is 11.7 Å². The van der Waals surface area contributed by atoms with Crippen LogP contribution in [0.25, 0.3) is 0 Å². The molecule has 1 spiro atoms. The molecule has 1 saturated heterocycles. The molecule has 0 atom stereocenters. The Bertz CT molecular complexity index is 1020. The van der Waals surface area contributed by atoms with Gasteiger partial charge in [0.2, 0.25) is 0 Å². The van der Waals surface area contributed by atoms with Crippen LogP contribution in [0.5, 0.6) is 0 Å². The number of amides is 1. The first-order valence-corrected chi connectivity index (χ1v) is 11.2. The summed E-state index contributed by atoms with van der Waals surface area (Å²) in [4.78, 5) is 24.4. The fourth-order valence-corrected chi connectivity index (χ4v) is 4.89. The smallest absolute Gasteiger partial charge is 0.253 e. The third kappa shape index (κ3) is 3.77. The minimum Gasteiger partial charge on any atom is -0.370 e. The number of pyridine rings is 1. The maximum absolute atomic E-state index is 14.0. The Labute approximate surface area is 182 Å². The number of likely N-dealkylation sites (tertiary alicyclic amines) is 1. The zero-order valence-electron chi connectivity index (χ0n) is 17.8. The van der Waals surface area contributed by atoms with Crippen molar-refractivity contribution >= 4 is 23.2 Å². The second kappa shape index (κ2) is 7.94. The fraction of sp³-hybridized carbons (Fsp3) is 0.458.